The van der Waals surface area contributed by atoms with Gasteiger partial charge in [-0.25, -0.2) is 0 Å². The summed E-state index contributed by atoms with van der Waals surface area (Å²) in [5.74, 6) is 0. The highest BCUT2D eigenvalue weighted by molar-refractivity contribution is 4.89. The molecule has 2 aliphatic rings. The van der Waals surface area contributed by atoms with Crippen molar-refractivity contribution in [2.24, 2.45) is 5.41 Å². The molecule has 1 saturated carbocycles. The van der Waals surface area contributed by atoms with E-state index in [9.17, 15) is 0 Å². The first-order valence-corrected chi connectivity index (χ1v) is 9.20. The number of nitrogens with one attached hydrogen (secondary N) is 1. The molecule has 1 N–H and O–H groups in total. The summed E-state index contributed by atoms with van der Waals surface area (Å²) in [4.78, 5) is 2.76. The van der Waals surface area contributed by atoms with Crippen molar-refractivity contribution >= 4 is 0 Å². The molecule has 1 heterocycles. The van der Waals surface area contributed by atoms with E-state index in [0.717, 1.165) is 11.5 Å². The summed E-state index contributed by atoms with van der Waals surface area (Å²) in [6.45, 7) is 9.80. The Morgan fingerprint density at radius 3 is 2.35 bits per heavy atom. The van der Waals surface area contributed by atoms with E-state index in [1.807, 2.05) is 0 Å². The van der Waals surface area contributed by atoms with Crippen LogP contribution in [-0.4, -0.2) is 37.1 Å². The Kier molecular flexibility index (Phi) is 6.83. The van der Waals surface area contributed by atoms with Crippen molar-refractivity contribution in [3.8, 4) is 0 Å². The quantitative estimate of drug-likeness (QED) is 0.703. The SMILES string of the molecule is CCCNCCCC(C)N1CCC2(CCCCC2)CC1. The largest absolute Gasteiger partial charge is 0.317 e. The molecule has 0 aromatic heterocycles. The van der Waals surface area contributed by atoms with Crippen LogP contribution in [0.25, 0.3) is 0 Å². The van der Waals surface area contributed by atoms with Crippen molar-refractivity contribution in [2.45, 2.75) is 84.1 Å². The monoisotopic (exact) mass is 280 g/mol. The zero-order valence-corrected chi connectivity index (χ0v) is 13.9. The van der Waals surface area contributed by atoms with Crippen molar-refractivity contribution in [3.05, 3.63) is 0 Å². The molecule has 2 heteroatoms. The van der Waals surface area contributed by atoms with Gasteiger partial charge < -0.3 is 10.2 Å². The van der Waals surface area contributed by atoms with Gasteiger partial charge in [-0.3, -0.25) is 0 Å². The molecule has 0 aromatic carbocycles. The van der Waals surface area contributed by atoms with E-state index in [2.05, 4.69) is 24.1 Å². The summed E-state index contributed by atoms with van der Waals surface area (Å²) in [7, 11) is 0. The van der Waals surface area contributed by atoms with E-state index in [4.69, 9.17) is 0 Å². The van der Waals surface area contributed by atoms with Gasteiger partial charge in [-0.05, 0) is 83.5 Å². The van der Waals surface area contributed by atoms with E-state index in [-0.39, 0.29) is 0 Å². The summed E-state index contributed by atoms with van der Waals surface area (Å²) in [5, 5.41) is 3.52. The maximum atomic E-state index is 3.52. The second kappa shape index (κ2) is 8.38. The maximum absolute atomic E-state index is 3.52. The Balaban J connectivity index is 1.62. The molecule has 1 spiro atoms. The lowest BCUT2D eigenvalue weighted by molar-refractivity contribution is 0.0467. The van der Waals surface area contributed by atoms with Crippen LogP contribution in [0.4, 0.5) is 0 Å². The van der Waals surface area contributed by atoms with E-state index in [1.54, 1.807) is 0 Å². The number of piperidine rings is 1. The van der Waals surface area contributed by atoms with E-state index >= 15 is 0 Å². The normalized spacial score (nSPS) is 24.9. The molecule has 20 heavy (non-hydrogen) atoms. The van der Waals surface area contributed by atoms with Crippen molar-refractivity contribution in [1.29, 1.82) is 0 Å². The van der Waals surface area contributed by atoms with Gasteiger partial charge in [-0.1, -0.05) is 26.2 Å². The van der Waals surface area contributed by atoms with Crippen LogP contribution in [0.5, 0.6) is 0 Å². The molecule has 0 bridgehead atoms. The molecular formula is C18H36N2. The summed E-state index contributed by atoms with van der Waals surface area (Å²) in [6, 6.07) is 0.791. The number of rotatable bonds is 7. The van der Waals surface area contributed by atoms with Gasteiger partial charge in [0.15, 0.2) is 0 Å². The molecular weight excluding hydrogens is 244 g/mol. The number of likely N-dealkylation sites (tertiary alicyclic amines) is 1. The molecule has 2 rings (SSSR count). The van der Waals surface area contributed by atoms with Gasteiger partial charge in [-0.2, -0.15) is 0 Å². The minimum absolute atomic E-state index is 0.761. The van der Waals surface area contributed by atoms with Crippen LogP contribution in [0.2, 0.25) is 0 Å². The maximum Gasteiger partial charge on any atom is 0.00674 e. The summed E-state index contributed by atoms with van der Waals surface area (Å²) in [5.41, 5.74) is 0.761. The molecule has 1 aliphatic carbocycles. The second-order valence-corrected chi connectivity index (χ2v) is 7.34. The molecule has 1 saturated heterocycles. The van der Waals surface area contributed by atoms with Gasteiger partial charge in [0.05, 0.1) is 0 Å². The Labute approximate surface area is 126 Å². The van der Waals surface area contributed by atoms with Crippen molar-refractivity contribution in [3.63, 3.8) is 0 Å². The molecule has 0 aromatic rings. The van der Waals surface area contributed by atoms with Gasteiger partial charge >= 0.3 is 0 Å². The molecule has 118 valence electrons. The zero-order chi connectivity index (χ0) is 14.3. The van der Waals surface area contributed by atoms with Crippen LogP contribution in [0, 0.1) is 5.41 Å². The van der Waals surface area contributed by atoms with Crippen LogP contribution >= 0.6 is 0 Å². The number of hydrogen-bond donors (Lipinski definition) is 1. The standard InChI is InChI=1S/C18H36N2/c1-3-13-19-14-7-8-17(2)20-15-11-18(12-16-20)9-5-4-6-10-18/h17,19H,3-16H2,1-2H3. The van der Waals surface area contributed by atoms with Crippen LogP contribution in [0.1, 0.15) is 78.1 Å². The summed E-state index contributed by atoms with van der Waals surface area (Å²) in [6.07, 6.45) is 14.4. The van der Waals surface area contributed by atoms with Crippen LogP contribution < -0.4 is 5.32 Å². The highest BCUT2D eigenvalue weighted by Gasteiger charge is 2.36. The Morgan fingerprint density at radius 1 is 1.00 bits per heavy atom. The number of nitrogens with zero attached hydrogens (tertiary/aromatic N) is 1. The van der Waals surface area contributed by atoms with E-state index < -0.39 is 0 Å². The van der Waals surface area contributed by atoms with Gasteiger partial charge in [0.25, 0.3) is 0 Å². The third kappa shape index (κ3) is 4.73. The van der Waals surface area contributed by atoms with Crippen LogP contribution in [0.3, 0.4) is 0 Å². The second-order valence-electron chi connectivity index (χ2n) is 7.34. The van der Waals surface area contributed by atoms with Crippen LogP contribution in [-0.2, 0) is 0 Å². The summed E-state index contributed by atoms with van der Waals surface area (Å²) >= 11 is 0. The average molecular weight is 280 g/mol. The fourth-order valence-electron chi connectivity index (χ4n) is 4.25. The first kappa shape index (κ1) is 16.3. The highest BCUT2D eigenvalue weighted by Crippen LogP contribution is 2.44. The van der Waals surface area contributed by atoms with Gasteiger partial charge in [0, 0.05) is 6.04 Å². The van der Waals surface area contributed by atoms with Crippen molar-refractivity contribution in [1.82, 2.24) is 10.2 Å². The van der Waals surface area contributed by atoms with Crippen molar-refractivity contribution in [2.75, 3.05) is 26.2 Å². The fourth-order valence-corrected chi connectivity index (χ4v) is 4.25. The third-order valence-electron chi connectivity index (χ3n) is 5.80. The van der Waals surface area contributed by atoms with E-state index in [0.29, 0.717) is 0 Å². The van der Waals surface area contributed by atoms with Crippen molar-refractivity contribution < 1.29 is 0 Å². The predicted octanol–water partition coefficient (Wildman–Crippen LogP) is 4.20. The van der Waals surface area contributed by atoms with Gasteiger partial charge in [0.1, 0.15) is 0 Å². The lowest BCUT2D eigenvalue weighted by atomic mass is 9.68. The predicted molar refractivity (Wildman–Crippen MR) is 88.2 cm³/mol. The topological polar surface area (TPSA) is 15.3 Å². The summed E-state index contributed by atoms with van der Waals surface area (Å²) < 4.78 is 0. The Bertz CT molecular complexity index is 248. The minimum atomic E-state index is 0.761. The lowest BCUT2D eigenvalue weighted by Crippen LogP contribution is -2.45. The molecule has 0 radical (unpaired) electrons. The smallest absolute Gasteiger partial charge is 0.00674 e. The first-order valence-electron chi connectivity index (χ1n) is 9.20. The fraction of sp³-hybridized carbons (Fsp3) is 1.00. The molecule has 2 nitrogen and oxygen atoms in total. The average Bonchev–Trinajstić information content (AvgIpc) is 2.48. The lowest BCUT2D eigenvalue weighted by Gasteiger charge is -2.46. The van der Waals surface area contributed by atoms with E-state index in [1.165, 1.54) is 90.4 Å². The molecule has 0 amide bonds. The molecule has 1 atom stereocenters. The molecule has 1 aliphatic heterocycles. The molecule has 1 unspecified atom stereocenters. The van der Waals surface area contributed by atoms with Crippen LogP contribution in [0.15, 0.2) is 0 Å². The number of hydrogen-bond acceptors (Lipinski definition) is 2. The minimum Gasteiger partial charge on any atom is -0.317 e. The zero-order valence-electron chi connectivity index (χ0n) is 13.9. The van der Waals surface area contributed by atoms with Gasteiger partial charge in [-0.15, -0.1) is 0 Å². The highest BCUT2D eigenvalue weighted by atomic mass is 15.2. The Morgan fingerprint density at radius 2 is 1.70 bits per heavy atom. The van der Waals surface area contributed by atoms with Gasteiger partial charge in [0.2, 0.25) is 0 Å². The first-order chi connectivity index (χ1) is 9.76. The molecule has 2 fully saturated rings. The Hall–Kier alpha value is -0.0800. The third-order valence-corrected chi connectivity index (χ3v) is 5.80.